The maximum absolute atomic E-state index is 11.9. The Morgan fingerprint density at radius 3 is 2.19 bits per heavy atom. The molecule has 0 radical (unpaired) electrons. The number of nitrogens with one attached hydrogen (secondary N) is 1. The van der Waals surface area contributed by atoms with Crippen LogP contribution in [0.25, 0.3) is 0 Å². The molecule has 3 nitrogen and oxygen atoms in total. The molecular formula is C17H18BrNO2. The molecule has 2 N–H and O–H groups in total. The lowest BCUT2D eigenvalue weighted by Crippen LogP contribution is -2.43. The molecule has 0 saturated carbocycles. The van der Waals surface area contributed by atoms with Crippen LogP contribution < -0.4 is 5.32 Å². The smallest absolute Gasteiger partial charge is 0.334 e. The number of rotatable bonds is 5. The SMILES string of the molecule is CCC(Nc1ccc(Br)cc1)(C(=O)O)c1ccc(C)cc1. The van der Waals surface area contributed by atoms with Gasteiger partial charge in [0, 0.05) is 10.2 Å². The summed E-state index contributed by atoms with van der Waals surface area (Å²) in [6, 6.07) is 15.1. The molecule has 0 saturated heterocycles. The number of anilines is 1. The molecule has 21 heavy (non-hydrogen) atoms. The third-order valence-electron chi connectivity index (χ3n) is 3.64. The first kappa shape index (κ1) is 15.6. The summed E-state index contributed by atoms with van der Waals surface area (Å²) < 4.78 is 0.959. The molecule has 4 heteroatoms. The minimum absolute atomic E-state index is 0.446. The summed E-state index contributed by atoms with van der Waals surface area (Å²) in [5.74, 6) is -0.878. The highest BCUT2D eigenvalue weighted by molar-refractivity contribution is 9.10. The third-order valence-corrected chi connectivity index (χ3v) is 4.17. The first-order chi connectivity index (χ1) is 9.98. The maximum atomic E-state index is 11.9. The van der Waals surface area contributed by atoms with Crippen molar-refractivity contribution in [2.75, 3.05) is 5.32 Å². The van der Waals surface area contributed by atoms with Gasteiger partial charge in [0.25, 0.3) is 0 Å². The Bertz CT molecular complexity index is 622. The molecule has 1 unspecified atom stereocenters. The van der Waals surface area contributed by atoms with Crippen molar-refractivity contribution >= 4 is 27.6 Å². The lowest BCUT2D eigenvalue weighted by molar-refractivity contribution is -0.142. The molecule has 2 aromatic rings. The number of aliphatic carboxylic acids is 1. The van der Waals surface area contributed by atoms with Crippen molar-refractivity contribution in [3.8, 4) is 0 Å². The van der Waals surface area contributed by atoms with Gasteiger partial charge < -0.3 is 10.4 Å². The molecule has 0 amide bonds. The largest absolute Gasteiger partial charge is 0.479 e. The van der Waals surface area contributed by atoms with Crippen LogP contribution in [-0.2, 0) is 10.3 Å². The number of carboxylic acid groups (broad SMARTS) is 1. The second kappa shape index (κ2) is 6.31. The second-order valence-corrected chi connectivity index (χ2v) is 5.98. The van der Waals surface area contributed by atoms with E-state index in [0.717, 1.165) is 21.3 Å². The van der Waals surface area contributed by atoms with E-state index >= 15 is 0 Å². The van der Waals surface area contributed by atoms with E-state index in [1.54, 1.807) is 0 Å². The first-order valence-corrected chi connectivity index (χ1v) is 7.61. The van der Waals surface area contributed by atoms with E-state index in [4.69, 9.17) is 0 Å². The third kappa shape index (κ3) is 3.27. The Balaban J connectivity index is 2.44. The number of halogens is 1. The van der Waals surface area contributed by atoms with Crippen LogP contribution in [0.1, 0.15) is 24.5 Å². The summed E-state index contributed by atoms with van der Waals surface area (Å²) >= 11 is 3.38. The Morgan fingerprint density at radius 2 is 1.71 bits per heavy atom. The molecule has 0 aliphatic rings. The van der Waals surface area contributed by atoms with Crippen LogP contribution in [0.2, 0.25) is 0 Å². The quantitative estimate of drug-likeness (QED) is 0.833. The lowest BCUT2D eigenvalue weighted by atomic mass is 9.86. The zero-order valence-electron chi connectivity index (χ0n) is 12.1. The summed E-state index contributed by atoms with van der Waals surface area (Å²) in [6.45, 7) is 3.86. The molecule has 0 spiro atoms. The van der Waals surface area contributed by atoms with Crippen LogP contribution in [0.4, 0.5) is 5.69 Å². The van der Waals surface area contributed by atoms with Gasteiger partial charge in [-0.15, -0.1) is 0 Å². The molecule has 0 aromatic heterocycles. The first-order valence-electron chi connectivity index (χ1n) is 6.82. The van der Waals surface area contributed by atoms with E-state index < -0.39 is 11.5 Å². The van der Waals surface area contributed by atoms with Crippen LogP contribution in [0.15, 0.2) is 53.0 Å². The maximum Gasteiger partial charge on any atom is 0.334 e. The highest BCUT2D eigenvalue weighted by Gasteiger charge is 2.38. The molecule has 0 aliphatic carbocycles. The fourth-order valence-electron chi connectivity index (χ4n) is 2.31. The van der Waals surface area contributed by atoms with E-state index in [-0.39, 0.29) is 0 Å². The van der Waals surface area contributed by atoms with Crippen LogP contribution in [0.5, 0.6) is 0 Å². The molecule has 0 fully saturated rings. The van der Waals surface area contributed by atoms with Crippen LogP contribution in [-0.4, -0.2) is 11.1 Å². The number of carbonyl (C=O) groups is 1. The van der Waals surface area contributed by atoms with E-state index in [2.05, 4.69) is 21.2 Å². The second-order valence-electron chi connectivity index (χ2n) is 5.06. The van der Waals surface area contributed by atoms with Crippen molar-refractivity contribution in [3.05, 3.63) is 64.1 Å². The van der Waals surface area contributed by atoms with Gasteiger partial charge in [0.05, 0.1) is 0 Å². The van der Waals surface area contributed by atoms with E-state index in [1.807, 2.05) is 62.4 Å². The number of hydrogen-bond donors (Lipinski definition) is 2. The van der Waals surface area contributed by atoms with Crippen molar-refractivity contribution in [1.29, 1.82) is 0 Å². The Hall–Kier alpha value is -1.81. The van der Waals surface area contributed by atoms with Gasteiger partial charge in [-0.05, 0) is 43.2 Å². The molecule has 0 bridgehead atoms. The molecule has 2 aromatic carbocycles. The van der Waals surface area contributed by atoms with Gasteiger partial charge in [0.2, 0.25) is 0 Å². The molecule has 0 heterocycles. The van der Waals surface area contributed by atoms with Gasteiger partial charge in [-0.3, -0.25) is 0 Å². The van der Waals surface area contributed by atoms with E-state index in [1.165, 1.54) is 0 Å². The summed E-state index contributed by atoms with van der Waals surface area (Å²) in [7, 11) is 0. The average Bonchev–Trinajstić information content (AvgIpc) is 2.47. The van der Waals surface area contributed by atoms with Crippen molar-refractivity contribution < 1.29 is 9.90 Å². The Morgan fingerprint density at radius 1 is 1.14 bits per heavy atom. The monoisotopic (exact) mass is 347 g/mol. The summed E-state index contributed by atoms with van der Waals surface area (Å²) in [6.07, 6.45) is 0.446. The molecular weight excluding hydrogens is 330 g/mol. The molecule has 0 aliphatic heterocycles. The predicted octanol–water partition coefficient (Wildman–Crippen LogP) is 4.56. The fraction of sp³-hybridized carbons (Fsp3) is 0.235. The topological polar surface area (TPSA) is 49.3 Å². The summed E-state index contributed by atoms with van der Waals surface area (Å²) in [5, 5.41) is 13.0. The molecule has 2 rings (SSSR count). The Kier molecular flexibility index (Phi) is 4.68. The van der Waals surface area contributed by atoms with E-state index in [9.17, 15) is 9.90 Å². The van der Waals surface area contributed by atoms with Crippen LogP contribution in [0.3, 0.4) is 0 Å². The average molecular weight is 348 g/mol. The minimum atomic E-state index is -1.12. The van der Waals surface area contributed by atoms with Gasteiger partial charge in [-0.2, -0.15) is 0 Å². The number of carboxylic acids is 1. The minimum Gasteiger partial charge on any atom is -0.479 e. The predicted molar refractivity (Wildman–Crippen MR) is 88.5 cm³/mol. The normalized spacial score (nSPS) is 13.5. The number of hydrogen-bond acceptors (Lipinski definition) is 2. The number of benzene rings is 2. The zero-order valence-corrected chi connectivity index (χ0v) is 13.6. The highest BCUT2D eigenvalue weighted by atomic mass is 79.9. The summed E-state index contributed by atoms with van der Waals surface area (Å²) in [4.78, 5) is 11.9. The fourth-order valence-corrected chi connectivity index (χ4v) is 2.57. The van der Waals surface area contributed by atoms with Gasteiger partial charge in [-0.1, -0.05) is 52.7 Å². The van der Waals surface area contributed by atoms with Crippen molar-refractivity contribution in [1.82, 2.24) is 0 Å². The van der Waals surface area contributed by atoms with Crippen molar-refractivity contribution in [2.45, 2.75) is 25.8 Å². The highest BCUT2D eigenvalue weighted by Crippen LogP contribution is 2.31. The molecule has 110 valence electrons. The van der Waals surface area contributed by atoms with Crippen molar-refractivity contribution in [3.63, 3.8) is 0 Å². The lowest BCUT2D eigenvalue weighted by Gasteiger charge is -2.31. The zero-order chi connectivity index (χ0) is 15.5. The summed E-state index contributed by atoms with van der Waals surface area (Å²) in [5.41, 5.74) is 1.52. The van der Waals surface area contributed by atoms with Crippen LogP contribution in [0, 0.1) is 6.92 Å². The van der Waals surface area contributed by atoms with Gasteiger partial charge in [0.1, 0.15) is 0 Å². The Labute approximate surface area is 133 Å². The van der Waals surface area contributed by atoms with Gasteiger partial charge >= 0.3 is 5.97 Å². The molecule has 1 atom stereocenters. The van der Waals surface area contributed by atoms with Crippen LogP contribution >= 0.6 is 15.9 Å². The van der Waals surface area contributed by atoms with Gasteiger partial charge in [-0.25, -0.2) is 4.79 Å². The number of aryl methyl sites for hydroxylation is 1. The van der Waals surface area contributed by atoms with Crippen molar-refractivity contribution in [2.24, 2.45) is 0 Å². The van der Waals surface area contributed by atoms with Gasteiger partial charge in [0.15, 0.2) is 5.54 Å². The van der Waals surface area contributed by atoms with E-state index in [0.29, 0.717) is 6.42 Å². The standard InChI is InChI=1S/C17H18BrNO2/c1-3-17(16(20)21,13-6-4-12(2)5-7-13)19-15-10-8-14(18)9-11-15/h4-11,19H,3H2,1-2H3,(H,20,21).